The molecule has 7 rings (SSSR count). The van der Waals surface area contributed by atoms with Crippen molar-refractivity contribution in [3.05, 3.63) is 139 Å². The monoisotopic (exact) mass is 843 g/mol. The van der Waals surface area contributed by atoms with Crippen molar-refractivity contribution < 1.29 is 24.5 Å². The van der Waals surface area contributed by atoms with E-state index in [1.807, 2.05) is 73.1 Å². The van der Waals surface area contributed by atoms with Crippen molar-refractivity contribution in [1.82, 2.24) is 9.97 Å². The molecule has 0 bridgehead atoms. The number of halogens is 1. The quantitative estimate of drug-likeness (QED) is 0.127. The van der Waals surface area contributed by atoms with Crippen LogP contribution in [0, 0.1) is 23.4 Å². The molecule has 0 aliphatic carbocycles. The van der Waals surface area contributed by atoms with E-state index in [2.05, 4.69) is 98.9 Å². The van der Waals surface area contributed by atoms with Crippen molar-refractivity contribution >= 4 is 44.8 Å². The summed E-state index contributed by atoms with van der Waals surface area (Å²) in [5.74, 6) is -0.176. The van der Waals surface area contributed by atoms with Gasteiger partial charge in [-0.2, -0.15) is 11.3 Å². The van der Waals surface area contributed by atoms with Crippen LogP contribution in [0.1, 0.15) is 26.3 Å². The molecule has 0 spiro atoms. The summed E-state index contributed by atoms with van der Waals surface area (Å²) in [4.78, 5) is 9.09. The van der Waals surface area contributed by atoms with Crippen LogP contribution in [0.15, 0.2) is 116 Å². The summed E-state index contributed by atoms with van der Waals surface area (Å²) in [7, 11) is -1.23. The minimum atomic E-state index is -1.23. The van der Waals surface area contributed by atoms with Gasteiger partial charge in [-0.1, -0.05) is 106 Å². The van der Waals surface area contributed by atoms with E-state index in [9.17, 15) is 4.39 Å². The molecule has 6 heteroatoms. The number of pyridine rings is 2. The van der Waals surface area contributed by atoms with Crippen LogP contribution in [-0.2, 0) is 26.5 Å². The molecule has 2 nitrogen and oxygen atoms in total. The van der Waals surface area contributed by atoms with E-state index in [1.165, 1.54) is 22.1 Å². The van der Waals surface area contributed by atoms with Crippen LogP contribution in [0.5, 0.6) is 0 Å². The summed E-state index contributed by atoms with van der Waals surface area (Å²) in [6, 6.07) is 40.8. The third-order valence-corrected chi connectivity index (χ3v) is 11.2. The standard InChI is InChI=1S/C28H23FNS.C14H16NSi.Ir/c1-28(2,3)17-18-11-12-30-25(13-18)20-9-10-22-23-14-21(19-7-5-4-6-8-19)15-24(29)27(23)31-26(22)16-20;1-16(2,3)13-9-10-14(15-11-13)12-7-5-4-6-8-12;/h4-8,10-16H,17H2,1-3H3;4-7,9-11H,1-3H3;/q2*-1;. The van der Waals surface area contributed by atoms with Crippen molar-refractivity contribution in [2.75, 3.05) is 0 Å². The second-order valence-corrected chi connectivity index (χ2v) is 20.3. The first-order valence-corrected chi connectivity index (χ1v) is 20.3. The number of rotatable bonds is 5. The van der Waals surface area contributed by atoms with E-state index in [0.29, 0.717) is 4.70 Å². The Kier molecular flexibility index (Phi) is 10.9. The van der Waals surface area contributed by atoms with Gasteiger partial charge in [0.2, 0.25) is 0 Å². The number of aromatic nitrogens is 2. The molecule has 0 aliphatic heterocycles. The summed E-state index contributed by atoms with van der Waals surface area (Å²) >= 11 is 1.49. The van der Waals surface area contributed by atoms with E-state index in [1.54, 1.807) is 6.07 Å². The number of hydrogen-bond donors (Lipinski definition) is 0. The second kappa shape index (κ2) is 14.8. The maximum atomic E-state index is 15.0. The van der Waals surface area contributed by atoms with Crippen LogP contribution < -0.4 is 5.19 Å². The third-order valence-electron chi connectivity index (χ3n) is 8.02. The third kappa shape index (κ3) is 8.42. The minimum Gasteiger partial charge on any atom is -0.305 e. The molecule has 245 valence electrons. The summed E-state index contributed by atoms with van der Waals surface area (Å²) < 4.78 is 16.7. The first-order chi connectivity index (χ1) is 22.4. The molecule has 1 radical (unpaired) electrons. The van der Waals surface area contributed by atoms with E-state index < -0.39 is 8.07 Å². The zero-order valence-electron chi connectivity index (χ0n) is 28.2. The van der Waals surface area contributed by atoms with Gasteiger partial charge >= 0.3 is 0 Å². The number of thiophene rings is 1. The van der Waals surface area contributed by atoms with Gasteiger partial charge in [0.1, 0.15) is 5.82 Å². The molecule has 0 amide bonds. The fourth-order valence-electron chi connectivity index (χ4n) is 5.61. The summed E-state index contributed by atoms with van der Waals surface area (Å²) in [5, 5.41) is 3.37. The molecule has 7 aromatic rings. The Bertz CT molecular complexity index is 2130. The zero-order chi connectivity index (χ0) is 33.2. The van der Waals surface area contributed by atoms with Crippen molar-refractivity contribution in [2.24, 2.45) is 5.41 Å². The van der Waals surface area contributed by atoms with Crippen molar-refractivity contribution in [3.8, 4) is 33.6 Å². The number of nitrogens with zero attached hydrogens (tertiary/aromatic N) is 2. The smallest absolute Gasteiger partial charge is 0.140 e. The van der Waals surface area contributed by atoms with E-state index in [4.69, 9.17) is 0 Å². The van der Waals surface area contributed by atoms with Crippen molar-refractivity contribution in [1.29, 1.82) is 0 Å². The minimum absolute atomic E-state index is 0. The average molecular weight is 843 g/mol. The van der Waals surface area contributed by atoms with Crippen LogP contribution in [0.3, 0.4) is 0 Å². The first kappa shape index (κ1) is 35.5. The molecule has 0 fully saturated rings. The zero-order valence-corrected chi connectivity index (χ0v) is 32.4. The maximum Gasteiger partial charge on any atom is 0.140 e. The Hall–Kier alpha value is -3.80. The SMILES string of the molecule is CC(C)(C)Cc1ccnc(-c2[c-]cc3c(c2)sc2c(F)cc(-c4ccccc4)cc23)c1.C[Si](C)(C)c1ccc(-c2[c-]cccc2)nc1.[Ir]. The van der Waals surface area contributed by atoms with Gasteiger partial charge in [-0.3, -0.25) is 0 Å². The van der Waals surface area contributed by atoms with Crippen LogP contribution in [0.25, 0.3) is 53.8 Å². The van der Waals surface area contributed by atoms with Gasteiger partial charge in [-0.15, -0.1) is 59.7 Å². The Morgan fingerprint density at radius 3 is 2.19 bits per heavy atom. The summed E-state index contributed by atoms with van der Waals surface area (Å²) in [6.45, 7) is 13.7. The fraction of sp³-hybridized carbons (Fsp3) is 0.190. The van der Waals surface area contributed by atoms with Gasteiger partial charge in [0, 0.05) is 32.5 Å². The van der Waals surface area contributed by atoms with Crippen molar-refractivity contribution in [3.63, 3.8) is 0 Å². The Labute approximate surface area is 302 Å². The maximum absolute atomic E-state index is 15.0. The topological polar surface area (TPSA) is 25.8 Å². The predicted octanol–water partition coefficient (Wildman–Crippen LogP) is 11.4. The summed E-state index contributed by atoms with van der Waals surface area (Å²) in [6.07, 6.45) is 4.87. The van der Waals surface area contributed by atoms with Gasteiger partial charge in [0.05, 0.1) is 12.8 Å². The number of benzene rings is 4. The summed E-state index contributed by atoms with van der Waals surface area (Å²) in [5.41, 5.74) is 7.30. The Morgan fingerprint density at radius 2 is 1.52 bits per heavy atom. The molecular formula is C42H39FIrN2SSi-2. The Balaban J connectivity index is 0.000000224. The van der Waals surface area contributed by atoms with Gasteiger partial charge in [0.15, 0.2) is 0 Å². The van der Waals surface area contributed by atoms with E-state index in [0.717, 1.165) is 55.5 Å². The normalized spacial score (nSPS) is 11.6. The molecule has 0 unspecified atom stereocenters. The second-order valence-electron chi connectivity index (χ2n) is 14.2. The number of hydrogen-bond acceptors (Lipinski definition) is 3. The molecule has 0 atom stereocenters. The van der Waals surface area contributed by atoms with Crippen LogP contribution in [0.2, 0.25) is 19.6 Å². The van der Waals surface area contributed by atoms with Gasteiger partial charge in [-0.25, -0.2) is 4.39 Å². The van der Waals surface area contributed by atoms with Crippen LogP contribution in [-0.4, -0.2) is 18.0 Å². The van der Waals surface area contributed by atoms with E-state index >= 15 is 0 Å². The fourth-order valence-corrected chi connectivity index (χ4v) is 7.76. The van der Waals surface area contributed by atoms with Gasteiger partial charge < -0.3 is 9.97 Å². The largest absolute Gasteiger partial charge is 0.305 e. The molecule has 3 heterocycles. The van der Waals surface area contributed by atoms with Gasteiger partial charge in [0.25, 0.3) is 0 Å². The molecule has 48 heavy (non-hydrogen) atoms. The van der Waals surface area contributed by atoms with E-state index in [-0.39, 0.29) is 31.3 Å². The predicted molar refractivity (Wildman–Crippen MR) is 201 cm³/mol. The molecular weight excluding hydrogens is 804 g/mol. The number of fused-ring (bicyclic) bond motifs is 3. The Morgan fingerprint density at radius 1 is 0.750 bits per heavy atom. The average Bonchev–Trinajstić information content (AvgIpc) is 3.43. The molecule has 0 saturated heterocycles. The van der Waals surface area contributed by atoms with Crippen LogP contribution >= 0.6 is 11.3 Å². The molecule has 0 saturated carbocycles. The molecule has 0 N–H and O–H groups in total. The molecule has 3 aromatic heterocycles. The van der Waals surface area contributed by atoms with Gasteiger partial charge in [-0.05, 0) is 61.8 Å². The first-order valence-electron chi connectivity index (χ1n) is 16.0. The van der Waals surface area contributed by atoms with Crippen LogP contribution in [0.4, 0.5) is 4.39 Å². The molecule has 0 aliphatic rings. The van der Waals surface area contributed by atoms with Crippen molar-refractivity contribution in [2.45, 2.75) is 46.8 Å². The molecule has 4 aromatic carbocycles.